The van der Waals surface area contributed by atoms with Gasteiger partial charge >= 0.3 is 23.9 Å². The molecule has 0 fully saturated rings. The summed E-state index contributed by atoms with van der Waals surface area (Å²) in [5.74, 6) is -6.98. The minimum Gasteiger partial charge on any atom is -0.462 e. The number of carbonyl (C=O) groups excluding carboxylic acids is 4. The monoisotopic (exact) mass is 508 g/mol. The van der Waals surface area contributed by atoms with Gasteiger partial charge in [0.1, 0.15) is 13.2 Å². The number of alkyl halides is 1. The Morgan fingerprint density at radius 2 is 1.24 bits per heavy atom. The van der Waals surface area contributed by atoms with Crippen LogP contribution < -0.4 is 5.43 Å². The maximum Gasteiger partial charge on any atom is 0.432 e. The lowest BCUT2D eigenvalue weighted by Gasteiger charge is -2.32. The van der Waals surface area contributed by atoms with Gasteiger partial charge < -0.3 is 14.2 Å². The molecule has 0 saturated heterocycles. The number of nitrogens with one attached hydrogen (secondary N) is 1. The fraction of sp³-hybridized carbons (Fsp3) is 0.185. The molecule has 37 heavy (non-hydrogen) atoms. The van der Waals surface area contributed by atoms with Crippen LogP contribution in [0.3, 0.4) is 0 Å². The van der Waals surface area contributed by atoms with Crippen molar-refractivity contribution in [3.63, 3.8) is 0 Å². The van der Waals surface area contributed by atoms with Crippen molar-refractivity contribution < 1.29 is 37.8 Å². The summed E-state index contributed by atoms with van der Waals surface area (Å²) in [6, 6.07) is 23.9. The van der Waals surface area contributed by atoms with Gasteiger partial charge in [-0.2, -0.15) is 9.40 Å². The maximum absolute atomic E-state index is 16.5. The van der Waals surface area contributed by atoms with Crippen molar-refractivity contribution >= 4 is 23.9 Å². The molecule has 0 bridgehead atoms. The minimum atomic E-state index is -3.81. The van der Waals surface area contributed by atoms with Gasteiger partial charge in [0, 0.05) is 5.56 Å². The molecular weight excluding hydrogens is 483 g/mol. The van der Waals surface area contributed by atoms with E-state index in [0.717, 1.165) is 0 Å². The van der Waals surface area contributed by atoms with Crippen LogP contribution in [0.15, 0.2) is 91.0 Å². The van der Waals surface area contributed by atoms with E-state index in [1.54, 1.807) is 66.7 Å². The van der Waals surface area contributed by atoms with Gasteiger partial charge in [0.05, 0.1) is 6.61 Å². The predicted molar refractivity (Wildman–Crippen MR) is 129 cm³/mol. The first-order valence-electron chi connectivity index (χ1n) is 11.3. The SMILES string of the molecule is CCOC(=O)C(F)(C(=O)c1ccccc1)N(NC(=O)OCc1ccccc1)C(=O)OCc1ccccc1. The number of hydrazine groups is 1. The summed E-state index contributed by atoms with van der Waals surface area (Å²) in [7, 11) is 0. The number of nitrogens with zero attached hydrogens (tertiary/aromatic N) is 1. The summed E-state index contributed by atoms with van der Waals surface area (Å²) in [5, 5.41) is -0.142. The minimum absolute atomic E-state index is 0.142. The molecule has 1 N–H and O–H groups in total. The maximum atomic E-state index is 16.5. The molecule has 9 nitrogen and oxygen atoms in total. The third-order valence-electron chi connectivity index (χ3n) is 4.99. The number of hydrogen-bond donors (Lipinski definition) is 1. The molecule has 0 aliphatic rings. The smallest absolute Gasteiger partial charge is 0.432 e. The standard InChI is InChI=1S/C27H25FN2O7/c1-2-35-24(32)27(28,23(31)22-16-10-5-11-17-22)30(26(34)37-19-21-14-8-4-9-15-21)29-25(33)36-18-20-12-6-3-7-13-20/h3-17H,2,18-19H2,1H3,(H,29,33). The van der Waals surface area contributed by atoms with Crippen molar-refractivity contribution in [1.29, 1.82) is 0 Å². The Kier molecular flexibility index (Phi) is 9.31. The van der Waals surface area contributed by atoms with Crippen LogP contribution in [0, 0.1) is 0 Å². The Balaban J connectivity index is 1.92. The second-order valence-corrected chi connectivity index (χ2v) is 7.59. The fourth-order valence-corrected chi connectivity index (χ4v) is 3.17. The summed E-state index contributed by atoms with van der Waals surface area (Å²) in [4.78, 5) is 51.7. The van der Waals surface area contributed by atoms with E-state index in [4.69, 9.17) is 14.2 Å². The van der Waals surface area contributed by atoms with Gasteiger partial charge in [0.2, 0.25) is 5.78 Å². The van der Waals surface area contributed by atoms with Crippen LogP contribution in [0.25, 0.3) is 0 Å². The molecule has 10 heteroatoms. The molecule has 3 aromatic carbocycles. The summed E-state index contributed by atoms with van der Waals surface area (Å²) in [6.07, 6.45) is -2.84. The second kappa shape index (κ2) is 12.8. The van der Waals surface area contributed by atoms with Gasteiger partial charge in [-0.1, -0.05) is 91.0 Å². The third kappa shape index (κ3) is 6.91. The van der Waals surface area contributed by atoms with E-state index >= 15 is 4.39 Å². The number of ether oxygens (including phenoxy) is 3. The zero-order valence-corrected chi connectivity index (χ0v) is 20.0. The molecule has 0 heterocycles. The lowest BCUT2D eigenvalue weighted by molar-refractivity contribution is -0.166. The largest absolute Gasteiger partial charge is 0.462 e. The summed E-state index contributed by atoms with van der Waals surface area (Å²) < 4.78 is 31.5. The fourth-order valence-electron chi connectivity index (χ4n) is 3.17. The summed E-state index contributed by atoms with van der Waals surface area (Å²) in [5.41, 5.74) is 2.75. The molecule has 0 aromatic heterocycles. The van der Waals surface area contributed by atoms with Gasteiger partial charge in [-0.3, -0.25) is 4.79 Å². The number of hydrogen-bond acceptors (Lipinski definition) is 7. The van der Waals surface area contributed by atoms with Crippen molar-refractivity contribution in [2.45, 2.75) is 25.9 Å². The Bertz CT molecular complexity index is 1210. The van der Waals surface area contributed by atoms with E-state index in [-0.39, 0.29) is 30.4 Å². The summed E-state index contributed by atoms with van der Waals surface area (Å²) in [6.45, 7) is 0.517. The molecule has 0 saturated carbocycles. The molecule has 3 aromatic rings. The summed E-state index contributed by atoms with van der Waals surface area (Å²) >= 11 is 0. The van der Waals surface area contributed by atoms with Crippen LogP contribution in [0.4, 0.5) is 14.0 Å². The van der Waals surface area contributed by atoms with E-state index in [1.165, 1.54) is 31.2 Å². The van der Waals surface area contributed by atoms with Crippen molar-refractivity contribution in [3.8, 4) is 0 Å². The molecule has 1 unspecified atom stereocenters. The molecule has 0 aliphatic carbocycles. The highest BCUT2D eigenvalue weighted by Crippen LogP contribution is 2.26. The van der Waals surface area contributed by atoms with Crippen LogP contribution >= 0.6 is 0 Å². The molecule has 0 spiro atoms. The number of amides is 2. The van der Waals surface area contributed by atoms with Crippen LogP contribution in [-0.4, -0.2) is 41.3 Å². The van der Waals surface area contributed by atoms with E-state index in [2.05, 4.69) is 0 Å². The molecule has 192 valence electrons. The van der Waals surface area contributed by atoms with Crippen LogP contribution in [0.1, 0.15) is 28.4 Å². The Labute approximate surface area is 212 Å². The Hall–Kier alpha value is -4.73. The highest BCUT2D eigenvalue weighted by molar-refractivity contribution is 6.16. The van der Waals surface area contributed by atoms with E-state index in [9.17, 15) is 19.2 Å². The number of Topliss-reactive ketones (excluding diaryl/α,β-unsaturated/α-hetero) is 1. The molecule has 0 aliphatic heterocycles. The highest BCUT2D eigenvalue weighted by atomic mass is 19.1. The molecule has 0 radical (unpaired) electrons. The number of ketones is 1. The van der Waals surface area contributed by atoms with Gasteiger partial charge in [0.15, 0.2) is 0 Å². The number of esters is 1. The van der Waals surface area contributed by atoms with Crippen molar-refractivity contribution in [3.05, 3.63) is 108 Å². The first-order chi connectivity index (χ1) is 17.9. The van der Waals surface area contributed by atoms with Crippen LogP contribution in [-0.2, 0) is 32.2 Å². The number of carbonyl (C=O) groups is 4. The molecular formula is C27H25FN2O7. The van der Waals surface area contributed by atoms with E-state index < -0.39 is 29.7 Å². The van der Waals surface area contributed by atoms with E-state index in [1.807, 2.05) is 5.43 Å². The zero-order valence-electron chi connectivity index (χ0n) is 20.0. The quantitative estimate of drug-likeness (QED) is 0.112. The van der Waals surface area contributed by atoms with Gasteiger partial charge in [-0.15, -0.1) is 0 Å². The van der Waals surface area contributed by atoms with Crippen molar-refractivity contribution in [2.24, 2.45) is 0 Å². The lowest BCUT2D eigenvalue weighted by Crippen LogP contribution is -2.65. The highest BCUT2D eigenvalue weighted by Gasteiger charge is 2.58. The molecule has 2 amide bonds. The van der Waals surface area contributed by atoms with Crippen LogP contribution in [0.2, 0.25) is 0 Å². The Morgan fingerprint density at radius 3 is 1.76 bits per heavy atom. The average Bonchev–Trinajstić information content (AvgIpc) is 2.94. The third-order valence-corrected chi connectivity index (χ3v) is 4.99. The Morgan fingerprint density at radius 1 is 0.757 bits per heavy atom. The average molecular weight is 509 g/mol. The van der Waals surface area contributed by atoms with Crippen molar-refractivity contribution in [1.82, 2.24) is 10.4 Å². The first kappa shape index (κ1) is 26.9. The first-order valence-corrected chi connectivity index (χ1v) is 11.3. The van der Waals surface area contributed by atoms with Gasteiger partial charge in [-0.25, -0.2) is 19.8 Å². The van der Waals surface area contributed by atoms with Crippen molar-refractivity contribution in [2.75, 3.05) is 6.61 Å². The second-order valence-electron chi connectivity index (χ2n) is 7.59. The van der Waals surface area contributed by atoms with E-state index in [0.29, 0.717) is 11.1 Å². The van der Waals surface area contributed by atoms with Gasteiger partial charge in [-0.05, 0) is 18.1 Å². The van der Waals surface area contributed by atoms with Gasteiger partial charge in [0.25, 0.3) is 0 Å². The number of rotatable bonds is 9. The molecule has 1 atom stereocenters. The predicted octanol–water partition coefficient (Wildman–Crippen LogP) is 4.58. The van der Waals surface area contributed by atoms with Crippen LogP contribution in [0.5, 0.6) is 0 Å². The topological polar surface area (TPSA) is 111 Å². The number of halogens is 1. The zero-order chi connectivity index (χ0) is 26.7. The lowest BCUT2D eigenvalue weighted by atomic mass is 10.0. The number of benzene rings is 3. The molecule has 3 rings (SSSR count). The normalized spacial score (nSPS) is 11.9.